The second-order valence-corrected chi connectivity index (χ2v) is 3.54. The normalized spacial score (nSPS) is 16.8. The van der Waals surface area contributed by atoms with Gasteiger partial charge in [0.1, 0.15) is 0 Å². The van der Waals surface area contributed by atoms with Crippen LogP contribution in [0.3, 0.4) is 0 Å². The van der Waals surface area contributed by atoms with E-state index < -0.39 is 0 Å². The first-order chi connectivity index (χ1) is 7.75. The third-order valence-electron chi connectivity index (χ3n) is 2.26. The number of hydrogen-bond donors (Lipinski definition) is 0. The molecule has 1 aliphatic carbocycles. The van der Waals surface area contributed by atoms with E-state index in [1.165, 1.54) is 6.92 Å². The summed E-state index contributed by atoms with van der Waals surface area (Å²) >= 11 is 0. The first-order valence-electron chi connectivity index (χ1n) is 5.13. The van der Waals surface area contributed by atoms with E-state index in [0.717, 1.165) is 11.1 Å². The fraction of sp³-hybridized carbons (Fsp3) is 0.0714. The average molecular weight is 210 g/mol. The summed E-state index contributed by atoms with van der Waals surface area (Å²) in [7, 11) is 0. The monoisotopic (exact) mass is 210 g/mol. The zero-order valence-electron chi connectivity index (χ0n) is 9.05. The molecule has 2 rings (SSSR count). The molecule has 1 aromatic carbocycles. The van der Waals surface area contributed by atoms with Gasteiger partial charge < -0.3 is 0 Å². The maximum atomic E-state index is 10.8. The number of amides is 1. The fourth-order valence-electron chi connectivity index (χ4n) is 1.54. The summed E-state index contributed by atoms with van der Waals surface area (Å²) in [5.74, 6) is -0.174. The van der Waals surface area contributed by atoms with E-state index in [0.29, 0.717) is 5.71 Å². The maximum absolute atomic E-state index is 10.8. The number of allylic oxidation sites excluding steroid dienone is 4. The van der Waals surface area contributed by atoms with Gasteiger partial charge in [0.25, 0.3) is 0 Å². The first kappa shape index (κ1) is 10.4. The van der Waals surface area contributed by atoms with Gasteiger partial charge in [-0.05, 0) is 12.1 Å². The van der Waals surface area contributed by atoms with Crippen molar-refractivity contribution < 1.29 is 4.79 Å². The highest BCUT2D eigenvalue weighted by molar-refractivity contribution is 6.12. The molecule has 2 nitrogen and oxygen atoms in total. The van der Waals surface area contributed by atoms with Crippen molar-refractivity contribution in [3.8, 4) is 0 Å². The Morgan fingerprint density at radius 1 is 1.19 bits per heavy atom. The van der Waals surface area contributed by atoms with Gasteiger partial charge in [-0.1, -0.05) is 18.2 Å². The second-order valence-electron chi connectivity index (χ2n) is 3.54. The Kier molecular flexibility index (Phi) is 3.01. The summed E-state index contributed by atoms with van der Waals surface area (Å²) in [6.07, 6.45) is 7.64. The van der Waals surface area contributed by atoms with Gasteiger partial charge in [0.2, 0.25) is 5.91 Å². The number of hydrogen-bond acceptors (Lipinski definition) is 1. The van der Waals surface area contributed by atoms with Gasteiger partial charge >= 0.3 is 0 Å². The molecule has 1 aliphatic rings. The molecule has 0 atom stereocenters. The molecule has 78 valence electrons. The Balaban J connectivity index is 2.17. The van der Waals surface area contributed by atoms with Gasteiger partial charge in [-0.15, -0.1) is 0 Å². The van der Waals surface area contributed by atoms with E-state index in [9.17, 15) is 4.79 Å². The van der Waals surface area contributed by atoms with E-state index in [1.54, 1.807) is 0 Å². The Hall–Kier alpha value is -2.09. The Morgan fingerprint density at radius 2 is 1.94 bits per heavy atom. The van der Waals surface area contributed by atoms with Crippen LogP contribution in [-0.4, -0.2) is 11.6 Å². The summed E-state index contributed by atoms with van der Waals surface area (Å²) in [6.45, 7) is 1.45. The molecule has 0 aliphatic heterocycles. The van der Waals surface area contributed by atoms with Crippen molar-refractivity contribution >= 4 is 17.2 Å². The smallest absolute Gasteiger partial charge is 0.245 e. The van der Waals surface area contributed by atoms with Crippen molar-refractivity contribution in [2.24, 2.45) is 4.99 Å². The molecule has 1 aromatic rings. The van der Waals surface area contributed by atoms with Gasteiger partial charge in [0.15, 0.2) is 5.71 Å². The van der Waals surface area contributed by atoms with Crippen LogP contribution in [0.2, 0.25) is 0 Å². The molecule has 0 N–H and O–H groups in total. The molecule has 0 unspecified atom stereocenters. The molecule has 1 amide bonds. The summed E-state index contributed by atoms with van der Waals surface area (Å²) < 4.78 is 0. The summed E-state index contributed by atoms with van der Waals surface area (Å²) in [6, 6.07) is 10.1. The zero-order valence-corrected chi connectivity index (χ0v) is 9.05. The predicted octanol–water partition coefficient (Wildman–Crippen LogP) is 2.83. The molecule has 0 bridgehead atoms. The maximum Gasteiger partial charge on any atom is 0.245 e. The molecule has 0 radical (unpaired) electrons. The molecule has 0 aromatic heterocycles. The van der Waals surface area contributed by atoms with E-state index >= 15 is 0 Å². The molecule has 0 fully saturated rings. The average Bonchev–Trinajstić information content (AvgIpc) is 2.30. The van der Waals surface area contributed by atoms with E-state index in [1.807, 2.05) is 42.8 Å². The highest BCUT2D eigenvalue weighted by atomic mass is 16.1. The molecule has 0 heterocycles. The van der Waals surface area contributed by atoms with E-state index in [-0.39, 0.29) is 5.91 Å². The van der Waals surface area contributed by atoms with Crippen molar-refractivity contribution in [2.75, 3.05) is 0 Å². The lowest BCUT2D eigenvalue weighted by Crippen LogP contribution is -2.01. The Morgan fingerprint density at radius 3 is 2.50 bits per heavy atom. The molecule has 0 spiro atoms. The third-order valence-corrected chi connectivity index (χ3v) is 2.26. The Labute approximate surface area is 95.0 Å². The molecule has 16 heavy (non-hydrogen) atoms. The topological polar surface area (TPSA) is 29.4 Å². The molecular weight excluding hydrogens is 198 g/mol. The number of rotatable bonds is 1. The highest BCUT2D eigenvalue weighted by Gasteiger charge is 2.13. The largest absolute Gasteiger partial charge is 0.273 e. The number of carbonyl (C=O) groups excluding carboxylic acids is 1. The minimum Gasteiger partial charge on any atom is -0.273 e. The van der Waals surface area contributed by atoms with Crippen LogP contribution in [0.5, 0.6) is 0 Å². The minimum absolute atomic E-state index is 0.174. The summed E-state index contributed by atoms with van der Waals surface area (Å²) in [5.41, 5.74) is 2.99. The molecule has 2 heteroatoms. The lowest BCUT2D eigenvalue weighted by molar-refractivity contribution is -0.115. The van der Waals surface area contributed by atoms with Gasteiger partial charge in [-0.3, -0.25) is 4.79 Å². The highest BCUT2D eigenvalue weighted by Crippen LogP contribution is 2.19. The molecule has 0 saturated heterocycles. The number of benzene rings is 1. The van der Waals surface area contributed by atoms with Crippen molar-refractivity contribution in [3.05, 3.63) is 60.5 Å². The van der Waals surface area contributed by atoms with Crippen LogP contribution in [0.1, 0.15) is 12.5 Å². The van der Waals surface area contributed by atoms with Crippen molar-refractivity contribution in [1.29, 1.82) is 0 Å². The minimum atomic E-state index is -0.174. The van der Waals surface area contributed by atoms with Crippen LogP contribution >= 0.6 is 0 Å². The van der Waals surface area contributed by atoms with Crippen LogP contribution in [0.4, 0.5) is 0 Å². The number of nitrogens with zero attached hydrogens (tertiary/aromatic N) is 1. The number of aliphatic imine (C=N–C) groups is 1. The van der Waals surface area contributed by atoms with E-state index in [4.69, 9.17) is 0 Å². The fourth-order valence-corrected chi connectivity index (χ4v) is 1.54. The van der Waals surface area contributed by atoms with Crippen molar-refractivity contribution in [2.45, 2.75) is 6.92 Å². The van der Waals surface area contributed by atoms with Crippen LogP contribution in [0.15, 0.2) is 53.6 Å². The van der Waals surface area contributed by atoms with Crippen LogP contribution in [0, 0.1) is 6.42 Å². The number of carbonyl (C=O) groups is 1. The third kappa shape index (κ3) is 2.48. The summed E-state index contributed by atoms with van der Waals surface area (Å²) in [4.78, 5) is 14.7. The lowest BCUT2D eigenvalue weighted by Gasteiger charge is -2.00. The van der Waals surface area contributed by atoms with Crippen LogP contribution < -0.4 is 0 Å². The van der Waals surface area contributed by atoms with Crippen molar-refractivity contribution in [1.82, 2.24) is 0 Å². The predicted molar refractivity (Wildman–Crippen MR) is 66.0 cm³/mol. The molecule has 0 saturated carbocycles. The van der Waals surface area contributed by atoms with Crippen molar-refractivity contribution in [3.63, 3.8) is 0 Å². The summed E-state index contributed by atoms with van der Waals surface area (Å²) in [5, 5.41) is 0. The van der Waals surface area contributed by atoms with Crippen LogP contribution in [0.25, 0.3) is 5.57 Å². The van der Waals surface area contributed by atoms with Gasteiger partial charge in [-0.2, -0.15) is 4.99 Å². The standard InChI is InChI=1S/C14H12NO/c1-11(16)15-14-9-7-13(8-10-14)12-5-3-2-4-6-12/h2-10H,1H3/q+1. The van der Waals surface area contributed by atoms with Gasteiger partial charge in [0.05, 0.1) is 30.2 Å². The molecular formula is C14H12NO+. The second kappa shape index (κ2) is 4.62. The lowest BCUT2D eigenvalue weighted by atomic mass is 9.99. The van der Waals surface area contributed by atoms with Gasteiger partial charge in [0, 0.05) is 12.5 Å². The van der Waals surface area contributed by atoms with Gasteiger partial charge in [-0.25, -0.2) is 0 Å². The van der Waals surface area contributed by atoms with E-state index in [2.05, 4.69) is 17.1 Å². The zero-order chi connectivity index (χ0) is 11.4. The Bertz CT molecular complexity index is 481. The van der Waals surface area contributed by atoms with Crippen LogP contribution in [-0.2, 0) is 4.79 Å². The first-order valence-corrected chi connectivity index (χ1v) is 5.13. The SMILES string of the molecule is CC(=O)N=C1C=CC(c2ccccc2)=C[CH+]1. The quantitative estimate of drug-likeness (QED) is 0.655.